The molecule has 0 spiro atoms. The number of nitrogens with zero attached hydrogens (tertiary/aromatic N) is 1. The first-order valence-electron chi connectivity index (χ1n) is 8.50. The molecular formula is C18H34N2O2SSi. The second-order valence-corrected chi connectivity index (χ2v) is 15.7. The summed E-state index contributed by atoms with van der Waals surface area (Å²) in [5.74, 6) is 0. The van der Waals surface area contributed by atoms with Gasteiger partial charge in [0.2, 0.25) is 0 Å². The molecule has 0 radical (unpaired) electrons. The smallest absolute Gasteiger partial charge is 0.193 e. The molecule has 0 bridgehead atoms. The topological polar surface area (TPSA) is 51.2 Å². The molecule has 4 nitrogen and oxygen atoms in total. The Morgan fingerprint density at radius 1 is 1.25 bits per heavy atom. The van der Waals surface area contributed by atoms with Gasteiger partial charge >= 0.3 is 0 Å². The van der Waals surface area contributed by atoms with Gasteiger partial charge in [-0.25, -0.2) is 8.93 Å². The van der Waals surface area contributed by atoms with Crippen LogP contribution in [0.15, 0.2) is 18.3 Å². The van der Waals surface area contributed by atoms with Gasteiger partial charge in [0.1, 0.15) is 6.10 Å². The van der Waals surface area contributed by atoms with Crippen LogP contribution >= 0.6 is 0 Å². The molecule has 0 fully saturated rings. The van der Waals surface area contributed by atoms with Crippen molar-refractivity contribution in [3.8, 4) is 0 Å². The summed E-state index contributed by atoms with van der Waals surface area (Å²) in [6, 6.07) is 4.03. The zero-order valence-electron chi connectivity index (χ0n) is 16.7. The van der Waals surface area contributed by atoms with Crippen LogP contribution in [-0.4, -0.2) is 28.8 Å². The summed E-state index contributed by atoms with van der Waals surface area (Å²) in [5.41, 5.74) is 2.05. The number of hydrogen-bond donors (Lipinski definition) is 1. The molecule has 24 heavy (non-hydrogen) atoms. The highest BCUT2D eigenvalue weighted by Gasteiger charge is 2.40. The molecule has 1 rings (SSSR count). The normalized spacial score (nSPS) is 16.0. The summed E-state index contributed by atoms with van der Waals surface area (Å²) >= 11 is 0. The predicted octanol–water partition coefficient (Wildman–Crippen LogP) is 4.50. The Balaban J connectivity index is 3.03. The van der Waals surface area contributed by atoms with E-state index in [9.17, 15) is 4.21 Å². The maximum atomic E-state index is 12.4. The molecule has 1 aromatic heterocycles. The molecule has 0 saturated carbocycles. The van der Waals surface area contributed by atoms with E-state index in [-0.39, 0.29) is 15.9 Å². The fraction of sp³-hybridized carbons (Fsp3) is 0.722. The summed E-state index contributed by atoms with van der Waals surface area (Å²) in [4.78, 5) is 4.50. The lowest BCUT2D eigenvalue weighted by Crippen LogP contribution is -2.44. The third-order valence-corrected chi connectivity index (χ3v) is 10.5. The third-order valence-electron chi connectivity index (χ3n) is 4.47. The van der Waals surface area contributed by atoms with Crippen LogP contribution in [0.25, 0.3) is 0 Å². The van der Waals surface area contributed by atoms with E-state index in [1.807, 2.05) is 33.0 Å². The van der Waals surface area contributed by atoms with Gasteiger partial charge in [-0.2, -0.15) is 0 Å². The highest BCUT2D eigenvalue weighted by Crippen LogP contribution is 2.39. The van der Waals surface area contributed by atoms with Gasteiger partial charge in [-0.15, -0.1) is 0 Å². The fourth-order valence-electron chi connectivity index (χ4n) is 1.84. The number of hydrogen-bond acceptors (Lipinski definition) is 3. The molecule has 2 atom stereocenters. The summed E-state index contributed by atoms with van der Waals surface area (Å²) in [7, 11) is -3.09. The molecule has 0 aliphatic rings. The van der Waals surface area contributed by atoms with Crippen LogP contribution < -0.4 is 4.72 Å². The first-order valence-corrected chi connectivity index (χ1v) is 12.6. The minimum atomic E-state index is -1.97. The van der Waals surface area contributed by atoms with Crippen LogP contribution in [0.3, 0.4) is 0 Å². The number of rotatable bonds is 6. The molecule has 1 aromatic rings. The maximum absolute atomic E-state index is 12.4. The van der Waals surface area contributed by atoms with Crippen LogP contribution in [0.5, 0.6) is 0 Å². The van der Waals surface area contributed by atoms with Crippen LogP contribution in [0, 0.1) is 6.92 Å². The van der Waals surface area contributed by atoms with Gasteiger partial charge in [0.05, 0.1) is 21.4 Å². The van der Waals surface area contributed by atoms with E-state index in [1.54, 1.807) is 0 Å². The zero-order chi connectivity index (χ0) is 18.8. The summed E-state index contributed by atoms with van der Waals surface area (Å²) in [5, 5.41) is 0.109. The minimum absolute atomic E-state index is 0.109. The van der Waals surface area contributed by atoms with Crippen molar-refractivity contribution in [1.29, 1.82) is 0 Å². The SMILES string of the molecule is Cc1ccnc([C@H](CNS(=O)C(C)(C)C)O[Si](C)(C)C(C)(C)C)c1. The average Bonchev–Trinajstić information content (AvgIpc) is 2.40. The first kappa shape index (κ1) is 21.5. The Labute approximate surface area is 151 Å². The van der Waals surface area contributed by atoms with Crippen LogP contribution in [0.4, 0.5) is 0 Å². The highest BCUT2D eigenvalue weighted by molar-refractivity contribution is 7.84. The summed E-state index contributed by atoms with van der Waals surface area (Å²) < 4.78 is 21.8. The molecule has 0 aliphatic heterocycles. The van der Waals surface area contributed by atoms with Gasteiger partial charge in [0.15, 0.2) is 8.32 Å². The Bertz CT molecular complexity index is 577. The standard InChI is InChI=1S/C18H34N2O2SSi/c1-14-10-11-19-15(12-14)16(13-20-23(21)17(2,3)4)22-24(8,9)18(5,6)7/h10-12,16,20H,13H2,1-9H3/t16-,23?/m0/s1. The van der Waals surface area contributed by atoms with Gasteiger partial charge in [-0.1, -0.05) is 20.8 Å². The van der Waals surface area contributed by atoms with Gasteiger partial charge in [-0.3, -0.25) is 4.98 Å². The number of aryl methyl sites for hydroxylation is 1. The van der Waals surface area contributed by atoms with Crippen molar-refractivity contribution in [1.82, 2.24) is 9.71 Å². The molecule has 0 aliphatic carbocycles. The maximum Gasteiger partial charge on any atom is 0.193 e. The molecule has 0 aromatic carbocycles. The van der Waals surface area contributed by atoms with E-state index in [2.05, 4.69) is 56.6 Å². The van der Waals surface area contributed by atoms with Crippen molar-refractivity contribution in [3.05, 3.63) is 29.6 Å². The lowest BCUT2D eigenvalue weighted by atomic mass is 10.2. The van der Waals surface area contributed by atoms with Crippen LogP contribution in [0.2, 0.25) is 18.1 Å². The molecule has 1 unspecified atom stereocenters. The van der Waals surface area contributed by atoms with Crippen LogP contribution in [-0.2, 0) is 15.4 Å². The number of nitrogens with one attached hydrogen (secondary N) is 1. The monoisotopic (exact) mass is 370 g/mol. The predicted molar refractivity (Wildman–Crippen MR) is 106 cm³/mol. The van der Waals surface area contributed by atoms with Gasteiger partial charge in [0, 0.05) is 12.7 Å². The molecule has 138 valence electrons. The van der Waals surface area contributed by atoms with E-state index < -0.39 is 19.3 Å². The van der Waals surface area contributed by atoms with Gasteiger partial charge in [-0.05, 0) is 63.5 Å². The second-order valence-electron chi connectivity index (χ2n) is 8.85. The van der Waals surface area contributed by atoms with Crippen molar-refractivity contribution in [2.24, 2.45) is 0 Å². The highest BCUT2D eigenvalue weighted by atomic mass is 32.2. The molecule has 1 N–H and O–H groups in total. The Morgan fingerprint density at radius 2 is 1.83 bits per heavy atom. The van der Waals surface area contributed by atoms with E-state index >= 15 is 0 Å². The number of aromatic nitrogens is 1. The van der Waals surface area contributed by atoms with Crippen LogP contribution in [0.1, 0.15) is 58.9 Å². The number of pyridine rings is 1. The molecule has 1 heterocycles. The lowest BCUT2D eigenvalue weighted by Gasteiger charge is -2.39. The van der Waals surface area contributed by atoms with Crippen molar-refractivity contribution in [3.63, 3.8) is 0 Å². The third kappa shape index (κ3) is 6.06. The second kappa shape index (κ2) is 7.77. The van der Waals surface area contributed by atoms with Crippen molar-refractivity contribution >= 4 is 19.3 Å². The van der Waals surface area contributed by atoms with E-state index in [4.69, 9.17) is 4.43 Å². The Hall–Kier alpha value is -0.563. The van der Waals surface area contributed by atoms with Crippen molar-refractivity contribution < 1.29 is 8.63 Å². The van der Waals surface area contributed by atoms with E-state index in [0.717, 1.165) is 11.3 Å². The average molecular weight is 371 g/mol. The van der Waals surface area contributed by atoms with Gasteiger partial charge < -0.3 is 4.43 Å². The van der Waals surface area contributed by atoms with Crippen molar-refractivity contribution in [2.45, 2.75) is 77.4 Å². The molecule has 0 amide bonds. The molecule has 0 saturated heterocycles. The largest absolute Gasteiger partial charge is 0.407 e. The van der Waals surface area contributed by atoms with Gasteiger partial charge in [0.25, 0.3) is 0 Å². The fourth-order valence-corrected chi connectivity index (χ4v) is 3.85. The Kier molecular flexibility index (Phi) is 6.95. The van der Waals surface area contributed by atoms with E-state index in [0.29, 0.717) is 6.54 Å². The minimum Gasteiger partial charge on any atom is -0.407 e. The quantitative estimate of drug-likeness (QED) is 0.750. The zero-order valence-corrected chi connectivity index (χ0v) is 18.5. The van der Waals surface area contributed by atoms with E-state index in [1.165, 1.54) is 0 Å². The Morgan fingerprint density at radius 3 is 2.29 bits per heavy atom. The summed E-state index contributed by atoms with van der Waals surface area (Å²) in [6.07, 6.45) is 1.62. The molecule has 6 heteroatoms. The molecular weight excluding hydrogens is 336 g/mol. The first-order chi connectivity index (χ1) is 10.7. The summed E-state index contributed by atoms with van der Waals surface area (Å²) in [6.45, 7) is 19.6. The lowest BCUT2D eigenvalue weighted by molar-refractivity contribution is 0.183. The van der Waals surface area contributed by atoms with Crippen molar-refractivity contribution in [2.75, 3.05) is 6.54 Å².